The van der Waals surface area contributed by atoms with Gasteiger partial charge < -0.3 is 10.6 Å². The second-order valence-corrected chi connectivity index (χ2v) is 5.87. The highest BCUT2D eigenvalue weighted by atomic mass is 19.1. The fraction of sp³-hybridized carbons (Fsp3) is 0.294. The van der Waals surface area contributed by atoms with Gasteiger partial charge in [-0.3, -0.25) is 0 Å². The number of rotatable bonds is 3. The Morgan fingerprint density at radius 3 is 2.72 bits per heavy atom. The Morgan fingerprint density at radius 2 is 2.00 bits per heavy atom. The minimum Gasteiger partial charge on any atom is -0.327 e. The summed E-state index contributed by atoms with van der Waals surface area (Å²) in [4.78, 5) is 20.4. The van der Waals surface area contributed by atoms with Gasteiger partial charge in [-0.05, 0) is 31.0 Å². The molecule has 0 saturated heterocycles. The molecule has 1 aromatic heterocycles. The molecular formula is C17H15F2N5O. The SMILES string of the molecule is N#Cc1nccc(C2(NC(=O)Nc3cc(F)ccc3F)CCCC2)n1. The van der Waals surface area contributed by atoms with E-state index in [0.717, 1.165) is 31.0 Å². The van der Waals surface area contributed by atoms with Crippen molar-refractivity contribution >= 4 is 11.7 Å². The van der Waals surface area contributed by atoms with Gasteiger partial charge in [-0.15, -0.1) is 0 Å². The number of aromatic nitrogens is 2. The lowest BCUT2D eigenvalue weighted by molar-refractivity contribution is 0.235. The van der Waals surface area contributed by atoms with Gasteiger partial charge in [0.05, 0.1) is 16.9 Å². The number of hydrogen-bond donors (Lipinski definition) is 2. The summed E-state index contributed by atoms with van der Waals surface area (Å²) in [5, 5.41) is 14.1. The first-order valence-corrected chi connectivity index (χ1v) is 7.80. The van der Waals surface area contributed by atoms with Crippen molar-refractivity contribution in [2.45, 2.75) is 31.2 Å². The van der Waals surface area contributed by atoms with E-state index in [4.69, 9.17) is 5.26 Å². The van der Waals surface area contributed by atoms with Gasteiger partial charge in [0.1, 0.15) is 17.7 Å². The molecule has 0 atom stereocenters. The van der Waals surface area contributed by atoms with E-state index in [2.05, 4.69) is 20.6 Å². The summed E-state index contributed by atoms with van der Waals surface area (Å²) in [7, 11) is 0. The number of hydrogen-bond acceptors (Lipinski definition) is 4. The van der Waals surface area contributed by atoms with Crippen LogP contribution < -0.4 is 10.6 Å². The number of carbonyl (C=O) groups is 1. The van der Waals surface area contributed by atoms with Crippen molar-refractivity contribution in [1.29, 1.82) is 5.26 Å². The van der Waals surface area contributed by atoms with Crippen LogP contribution in [0.4, 0.5) is 19.3 Å². The zero-order chi connectivity index (χ0) is 17.9. The third kappa shape index (κ3) is 3.55. The third-order valence-electron chi connectivity index (χ3n) is 4.23. The molecule has 8 heteroatoms. The molecule has 0 unspecified atom stereocenters. The Kier molecular flexibility index (Phi) is 4.57. The highest BCUT2D eigenvalue weighted by molar-refractivity contribution is 5.90. The van der Waals surface area contributed by atoms with Crippen molar-refractivity contribution in [1.82, 2.24) is 15.3 Å². The standard InChI is InChI=1S/C17H15F2N5O/c18-11-3-4-12(19)13(9-11)22-16(25)24-17(6-1-2-7-17)14-5-8-21-15(10-20)23-14/h3-5,8-9H,1-2,6-7H2,(H2,22,24,25). The van der Waals surface area contributed by atoms with E-state index in [0.29, 0.717) is 18.5 Å². The van der Waals surface area contributed by atoms with E-state index in [1.54, 1.807) is 6.07 Å². The molecule has 0 radical (unpaired) electrons. The van der Waals surface area contributed by atoms with Crippen LogP contribution in [0.1, 0.15) is 37.2 Å². The van der Waals surface area contributed by atoms with Crippen LogP contribution in [0.5, 0.6) is 0 Å². The maximum absolute atomic E-state index is 13.7. The average Bonchev–Trinajstić information content (AvgIpc) is 3.08. The monoisotopic (exact) mass is 343 g/mol. The first-order valence-electron chi connectivity index (χ1n) is 7.80. The van der Waals surface area contributed by atoms with E-state index >= 15 is 0 Å². The summed E-state index contributed by atoms with van der Waals surface area (Å²) >= 11 is 0. The molecule has 2 amide bonds. The summed E-state index contributed by atoms with van der Waals surface area (Å²) in [6.07, 6.45) is 4.48. The van der Waals surface area contributed by atoms with Crippen LogP contribution in [0, 0.1) is 23.0 Å². The Bertz CT molecular complexity index is 843. The van der Waals surface area contributed by atoms with Crippen molar-refractivity contribution in [3.8, 4) is 6.07 Å². The fourth-order valence-corrected chi connectivity index (χ4v) is 3.07. The first kappa shape index (κ1) is 16.8. The van der Waals surface area contributed by atoms with Gasteiger partial charge in [-0.25, -0.2) is 23.5 Å². The summed E-state index contributed by atoms with van der Waals surface area (Å²) in [5.41, 5.74) is -0.472. The number of halogens is 2. The van der Waals surface area contributed by atoms with Gasteiger partial charge in [-0.2, -0.15) is 5.26 Å². The predicted octanol–water partition coefficient (Wildman–Crippen LogP) is 3.22. The normalized spacial score (nSPS) is 15.4. The van der Waals surface area contributed by atoms with E-state index in [-0.39, 0.29) is 11.5 Å². The molecule has 1 heterocycles. The van der Waals surface area contributed by atoms with Crippen molar-refractivity contribution in [3.63, 3.8) is 0 Å². The van der Waals surface area contributed by atoms with Crippen LogP contribution in [-0.4, -0.2) is 16.0 Å². The minimum absolute atomic E-state index is 0.0159. The number of amides is 2. The number of nitriles is 1. The molecule has 2 N–H and O–H groups in total. The molecule has 2 aromatic rings. The Balaban J connectivity index is 1.83. The Morgan fingerprint density at radius 1 is 1.24 bits per heavy atom. The van der Waals surface area contributed by atoms with Gasteiger partial charge in [0.15, 0.2) is 0 Å². The minimum atomic E-state index is -0.761. The summed E-state index contributed by atoms with van der Waals surface area (Å²) < 4.78 is 26.9. The van der Waals surface area contributed by atoms with Crippen molar-refractivity contribution in [2.75, 3.05) is 5.32 Å². The zero-order valence-electron chi connectivity index (χ0n) is 13.2. The molecule has 1 aliphatic carbocycles. The summed E-state index contributed by atoms with van der Waals surface area (Å²) in [5.74, 6) is -1.37. The Labute approximate surface area is 142 Å². The number of benzene rings is 1. The van der Waals surface area contributed by atoms with Gasteiger partial charge in [0.2, 0.25) is 5.82 Å². The van der Waals surface area contributed by atoms with Crippen LogP contribution in [0.15, 0.2) is 30.5 Å². The number of carbonyl (C=O) groups excluding carboxylic acids is 1. The molecule has 1 aliphatic rings. The smallest absolute Gasteiger partial charge is 0.320 e. The van der Waals surface area contributed by atoms with Crippen molar-refractivity contribution in [2.24, 2.45) is 0 Å². The zero-order valence-corrected chi connectivity index (χ0v) is 13.2. The van der Waals surface area contributed by atoms with Crippen LogP contribution in [0.25, 0.3) is 0 Å². The van der Waals surface area contributed by atoms with Crippen molar-refractivity contribution < 1.29 is 13.6 Å². The molecule has 1 saturated carbocycles. The van der Waals surface area contributed by atoms with Crippen LogP contribution in [-0.2, 0) is 5.54 Å². The molecule has 128 valence electrons. The maximum Gasteiger partial charge on any atom is 0.320 e. The summed E-state index contributed by atoms with van der Waals surface area (Å²) in [6, 6.07) is 5.69. The van der Waals surface area contributed by atoms with Crippen molar-refractivity contribution in [3.05, 3.63) is 53.6 Å². The lowest BCUT2D eigenvalue weighted by Crippen LogP contribution is -2.46. The quantitative estimate of drug-likeness (QED) is 0.895. The molecular weight excluding hydrogens is 328 g/mol. The lowest BCUT2D eigenvalue weighted by atomic mass is 9.93. The molecule has 0 aliphatic heterocycles. The summed E-state index contributed by atoms with van der Waals surface area (Å²) in [6.45, 7) is 0. The Hall–Kier alpha value is -3.08. The molecule has 3 rings (SSSR count). The van der Waals surface area contributed by atoms with Crippen LogP contribution >= 0.6 is 0 Å². The average molecular weight is 343 g/mol. The number of nitrogens with zero attached hydrogens (tertiary/aromatic N) is 3. The number of anilines is 1. The largest absolute Gasteiger partial charge is 0.327 e. The van der Waals surface area contributed by atoms with E-state index < -0.39 is 23.2 Å². The second-order valence-electron chi connectivity index (χ2n) is 5.87. The molecule has 6 nitrogen and oxygen atoms in total. The molecule has 0 spiro atoms. The molecule has 25 heavy (non-hydrogen) atoms. The van der Waals surface area contributed by atoms with E-state index in [1.807, 2.05) is 6.07 Å². The topological polar surface area (TPSA) is 90.7 Å². The number of nitrogens with one attached hydrogen (secondary N) is 2. The van der Waals surface area contributed by atoms with E-state index in [9.17, 15) is 13.6 Å². The lowest BCUT2D eigenvalue weighted by Gasteiger charge is -2.29. The molecule has 1 fully saturated rings. The van der Waals surface area contributed by atoms with Gasteiger partial charge >= 0.3 is 6.03 Å². The molecule has 1 aromatic carbocycles. The predicted molar refractivity (Wildman–Crippen MR) is 85.4 cm³/mol. The van der Waals surface area contributed by atoms with Crippen LogP contribution in [0.2, 0.25) is 0 Å². The first-order chi connectivity index (χ1) is 12.0. The molecule has 0 bridgehead atoms. The number of urea groups is 1. The van der Waals surface area contributed by atoms with Gasteiger partial charge in [0.25, 0.3) is 0 Å². The fourth-order valence-electron chi connectivity index (χ4n) is 3.07. The van der Waals surface area contributed by atoms with E-state index in [1.165, 1.54) is 6.20 Å². The highest BCUT2D eigenvalue weighted by Gasteiger charge is 2.38. The van der Waals surface area contributed by atoms with Gasteiger partial charge in [0, 0.05) is 12.3 Å². The maximum atomic E-state index is 13.7. The second kappa shape index (κ2) is 6.81. The highest BCUT2D eigenvalue weighted by Crippen LogP contribution is 2.37. The van der Waals surface area contributed by atoms with Crippen LogP contribution in [0.3, 0.4) is 0 Å². The third-order valence-corrected chi connectivity index (χ3v) is 4.23. The van der Waals surface area contributed by atoms with Gasteiger partial charge in [-0.1, -0.05) is 12.8 Å².